The Morgan fingerprint density at radius 2 is 1.92 bits per heavy atom. The van der Waals surface area contributed by atoms with Crippen LogP contribution < -0.4 is 10.6 Å². The molecule has 0 unspecified atom stereocenters. The summed E-state index contributed by atoms with van der Waals surface area (Å²) in [6, 6.07) is 5.68. The lowest BCUT2D eigenvalue weighted by Crippen LogP contribution is -2.33. The fourth-order valence-corrected chi connectivity index (χ4v) is 2.24. The second-order valence-corrected chi connectivity index (χ2v) is 5.28. The van der Waals surface area contributed by atoms with Crippen LogP contribution in [0.4, 0.5) is 18.9 Å². The van der Waals surface area contributed by atoms with Crippen molar-refractivity contribution < 1.29 is 27.5 Å². The average Bonchev–Trinajstić information content (AvgIpc) is 2.46. The molecule has 5 nitrogen and oxygen atoms in total. The van der Waals surface area contributed by atoms with Gasteiger partial charge in [0.2, 0.25) is 5.91 Å². The molecule has 1 fully saturated rings. The topological polar surface area (TPSA) is 67.4 Å². The highest BCUT2D eigenvalue weighted by Crippen LogP contribution is 2.21. The van der Waals surface area contributed by atoms with Crippen LogP contribution in [0.3, 0.4) is 0 Å². The van der Waals surface area contributed by atoms with Crippen LogP contribution in [0.5, 0.6) is 0 Å². The molecule has 0 aliphatic carbocycles. The zero-order chi connectivity index (χ0) is 16.9. The molecule has 1 aliphatic rings. The second kappa shape index (κ2) is 8.89. The highest BCUT2D eigenvalue weighted by Gasteiger charge is 2.31. The van der Waals surface area contributed by atoms with E-state index in [2.05, 4.69) is 10.6 Å². The van der Waals surface area contributed by atoms with E-state index >= 15 is 0 Å². The number of amides is 1. The van der Waals surface area contributed by atoms with Crippen molar-refractivity contribution in [3.05, 3.63) is 29.8 Å². The summed E-state index contributed by atoms with van der Waals surface area (Å²) in [5.41, 5.74) is 0.312. The number of rotatable bonds is 4. The van der Waals surface area contributed by atoms with E-state index in [4.69, 9.17) is 4.74 Å². The molecule has 1 heterocycles. The molecule has 0 saturated carbocycles. The van der Waals surface area contributed by atoms with Gasteiger partial charge in [-0.1, -0.05) is 6.07 Å². The lowest BCUT2D eigenvalue weighted by Gasteiger charge is -2.22. The zero-order valence-electron chi connectivity index (χ0n) is 12.7. The quantitative estimate of drug-likeness (QED) is 0.804. The Balaban J connectivity index is 0.00000288. The molecule has 1 saturated heterocycles. The number of hydrogen-bond acceptors (Lipinski definition) is 4. The molecule has 1 aliphatic heterocycles. The third-order valence-corrected chi connectivity index (χ3v) is 3.30. The standard InChI is InChI=1S/C15H17F3N2O3.ClH/c16-15(17,18)9-13(21)20-11-3-1-2-10(8-11)14(22)23-12-4-6-19-7-5-12;/h1-3,8,12,19H,4-7,9H2,(H,20,21);1H. The third kappa shape index (κ3) is 6.76. The molecule has 0 radical (unpaired) electrons. The Kier molecular flexibility index (Phi) is 7.50. The van der Waals surface area contributed by atoms with Crippen molar-refractivity contribution in [3.63, 3.8) is 0 Å². The van der Waals surface area contributed by atoms with E-state index in [1.54, 1.807) is 0 Å². The van der Waals surface area contributed by atoms with Gasteiger partial charge in [-0.2, -0.15) is 13.2 Å². The van der Waals surface area contributed by atoms with Gasteiger partial charge in [-0.3, -0.25) is 4.79 Å². The van der Waals surface area contributed by atoms with E-state index in [-0.39, 0.29) is 29.8 Å². The molecule has 0 spiro atoms. The van der Waals surface area contributed by atoms with Gasteiger partial charge in [0.15, 0.2) is 0 Å². The maximum absolute atomic E-state index is 12.1. The van der Waals surface area contributed by atoms with Crippen LogP contribution in [0.1, 0.15) is 29.6 Å². The van der Waals surface area contributed by atoms with Crippen LogP contribution in [0, 0.1) is 0 Å². The van der Waals surface area contributed by atoms with E-state index in [0.29, 0.717) is 12.8 Å². The van der Waals surface area contributed by atoms with Gasteiger partial charge in [0.25, 0.3) is 0 Å². The summed E-state index contributed by atoms with van der Waals surface area (Å²) in [5.74, 6) is -1.73. The Hall–Kier alpha value is -1.80. The fraction of sp³-hybridized carbons (Fsp3) is 0.467. The molecule has 9 heteroatoms. The largest absolute Gasteiger partial charge is 0.459 e. The molecule has 2 rings (SSSR count). The summed E-state index contributed by atoms with van der Waals surface area (Å²) in [4.78, 5) is 23.3. The predicted octanol–water partition coefficient (Wildman–Crippen LogP) is 2.91. The first-order valence-electron chi connectivity index (χ1n) is 7.22. The molecule has 0 aromatic heterocycles. The van der Waals surface area contributed by atoms with Gasteiger partial charge < -0.3 is 15.4 Å². The van der Waals surface area contributed by atoms with Crippen LogP contribution in [-0.4, -0.2) is 37.2 Å². The third-order valence-electron chi connectivity index (χ3n) is 3.30. The molecular weight excluding hydrogens is 349 g/mol. The normalized spacial score (nSPS) is 15.3. The van der Waals surface area contributed by atoms with Gasteiger partial charge in [0.05, 0.1) is 5.56 Å². The van der Waals surface area contributed by atoms with Gasteiger partial charge >= 0.3 is 12.1 Å². The van der Waals surface area contributed by atoms with Crippen molar-refractivity contribution in [1.82, 2.24) is 5.32 Å². The van der Waals surface area contributed by atoms with Crippen LogP contribution in [0.2, 0.25) is 0 Å². The number of halogens is 4. The number of esters is 1. The smallest absolute Gasteiger partial charge is 0.397 e. The molecule has 1 aromatic carbocycles. The molecular formula is C15H18ClF3N2O3. The van der Waals surface area contributed by atoms with Crippen molar-refractivity contribution >= 4 is 30.0 Å². The summed E-state index contributed by atoms with van der Waals surface area (Å²) in [5, 5.41) is 5.27. The summed E-state index contributed by atoms with van der Waals surface area (Å²) in [6.07, 6.45) is -4.89. The maximum atomic E-state index is 12.1. The average molecular weight is 367 g/mol. The van der Waals surface area contributed by atoms with E-state index in [9.17, 15) is 22.8 Å². The van der Waals surface area contributed by atoms with Gasteiger partial charge in [0.1, 0.15) is 12.5 Å². The van der Waals surface area contributed by atoms with Crippen molar-refractivity contribution in [2.75, 3.05) is 18.4 Å². The number of benzene rings is 1. The maximum Gasteiger partial charge on any atom is 0.397 e. The van der Waals surface area contributed by atoms with Gasteiger partial charge in [-0.05, 0) is 44.1 Å². The summed E-state index contributed by atoms with van der Waals surface area (Å²) >= 11 is 0. The highest BCUT2D eigenvalue weighted by atomic mass is 35.5. The molecule has 24 heavy (non-hydrogen) atoms. The number of carbonyl (C=O) groups is 2. The molecule has 0 bridgehead atoms. The summed E-state index contributed by atoms with van der Waals surface area (Å²) < 4.78 is 41.8. The first-order valence-corrected chi connectivity index (χ1v) is 7.22. The molecule has 1 aromatic rings. The van der Waals surface area contributed by atoms with Crippen LogP contribution in [-0.2, 0) is 9.53 Å². The van der Waals surface area contributed by atoms with Gasteiger partial charge in [0, 0.05) is 5.69 Å². The number of alkyl halides is 3. The lowest BCUT2D eigenvalue weighted by atomic mass is 10.1. The van der Waals surface area contributed by atoms with E-state index < -0.39 is 24.5 Å². The second-order valence-electron chi connectivity index (χ2n) is 5.28. The number of hydrogen-bond donors (Lipinski definition) is 2. The van der Waals surface area contributed by atoms with E-state index in [1.807, 2.05) is 0 Å². The van der Waals surface area contributed by atoms with Crippen molar-refractivity contribution in [1.29, 1.82) is 0 Å². The predicted molar refractivity (Wildman–Crippen MR) is 84.3 cm³/mol. The molecule has 1 amide bonds. The summed E-state index contributed by atoms with van der Waals surface area (Å²) in [7, 11) is 0. The monoisotopic (exact) mass is 366 g/mol. The molecule has 134 valence electrons. The first kappa shape index (κ1) is 20.2. The highest BCUT2D eigenvalue weighted by molar-refractivity contribution is 5.94. The Bertz CT molecular complexity index is 575. The van der Waals surface area contributed by atoms with Gasteiger partial charge in [-0.15, -0.1) is 12.4 Å². The molecule has 2 N–H and O–H groups in total. The van der Waals surface area contributed by atoms with Crippen LogP contribution in [0.25, 0.3) is 0 Å². The zero-order valence-corrected chi connectivity index (χ0v) is 13.5. The Labute approximate surface area is 143 Å². The molecule has 0 atom stereocenters. The number of carbonyl (C=O) groups excluding carboxylic acids is 2. The number of ether oxygens (including phenoxy) is 1. The SMILES string of the molecule is Cl.O=C(CC(F)(F)F)Nc1cccc(C(=O)OC2CCNCC2)c1. The minimum absolute atomic E-state index is 0. The first-order chi connectivity index (χ1) is 10.8. The van der Waals surface area contributed by atoms with E-state index in [0.717, 1.165) is 13.1 Å². The van der Waals surface area contributed by atoms with Crippen molar-refractivity contribution in [3.8, 4) is 0 Å². The fourth-order valence-electron chi connectivity index (χ4n) is 2.24. The van der Waals surface area contributed by atoms with Crippen LogP contribution in [0.15, 0.2) is 24.3 Å². The summed E-state index contributed by atoms with van der Waals surface area (Å²) in [6.45, 7) is 1.54. The van der Waals surface area contributed by atoms with Crippen LogP contribution >= 0.6 is 12.4 Å². The minimum atomic E-state index is -4.57. The van der Waals surface area contributed by atoms with E-state index in [1.165, 1.54) is 24.3 Å². The Morgan fingerprint density at radius 1 is 1.25 bits per heavy atom. The number of nitrogens with one attached hydrogen (secondary N) is 2. The minimum Gasteiger partial charge on any atom is -0.459 e. The van der Waals surface area contributed by atoms with Crippen molar-refractivity contribution in [2.24, 2.45) is 0 Å². The number of anilines is 1. The lowest BCUT2D eigenvalue weighted by molar-refractivity contribution is -0.150. The number of piperidine rings is 1. The van der Waals surface area contributed by atoms with Crippen molar-refractivity contribution in [2.45, 2.75) is 31.5 Å². The van der Waals surface area contributed by atoms with Gasteiger partial charge in [-0.25, -0.2) is 4.79 Å². The Morgan fingerprint density at radius 3 is 2.54 bits per heavy atom.